The van der Waals surface area contributed by atoms with Gasteiger partial charge in [0.25, 0.3) is 5.56 Å². The summed E-state index contributed by atoms with van der Waals surface area (Å²) in [4.78, 5) is 44.6. The summed E-state index contributed by atoms with van der Waals surface area (Å²) in [5.74, 6) is -0.108. The number of aryl methyl sites for hydroxylation is 2. The quantitative estimate of drug-likeness (QED) is 0.538. The molecule has 160 valence electrons. The number of thioether (sulfide) groups is 1. The highest BCUT2D eigenvalue weighted by Crippen LogP contribution is 2.24. The van der Waals surface area contributed by atoms with Crippen molar-refractivity contribution < 1.29 is 4.79 Å². The van der Waals surface area contributed by atoms with Crippen LogP contribution in [0.15, 0.2) is 45.1 Å². The number of fused-ring (bicyclic) bond motifs is 1. The lowest BCUT2D eigenvalue weighted by molar-refractivity contribution is -0.117. The molecule has 9 nitrogen and oxygen atoms in total. The van der Waals surface area contributed by atoms with Crippen LogP contribution in [0, 0.1) is 0 Å². The summed E-state index contributed by atoms with van der Waals surface area (Å²) in [7, 11) is 5.18. The number of nitrogens with one attached hydrogen (secondary N) is 1. The van der Waals surface area contributed by atoms with E-state index in [0.29, 0.717) is 24.1 Å². The Morgan fingerprint density at radius 3 is 2.70 bits per heavy atom. The molecule has 1 aromatic carbocycles. The lowest BCUT2D eigenvalue weighted by Crippen LogP contribution is -2.40. The number of hydrogen-bond acceptors (Lipinski definition) is 6. The van der Waals surface area contributed by atoms with E-state index in [-0.39, 0.29) is 30.2 Å². The van der Waals surface area contributed by atoms with Gasteiger partial charge in [-0.25, -0.2) is 9.78 Å². The van der Waals surface area contributed by atoms with Crippen molar-refractivity contribution in [2.75, 3.05) is 31.7 Å². The molecule has 3 aromatic rings. The van der Waals surface area contributed by atoms with Crippen LogP contribution in [-0.4, -0.2) is 55.9 Å². The molecule has 2 heterocycles. The number of carbonyl (C=O) groups is 1. The summed E-state index contributed by atoms with van der Waals surface area (Å²) in [5.41, 5.74) is 0.839. The number of imidazole rings is 1. The number of amides is 1. The fraction of sp³-hybridized carbons (Fsp3) is 0.400. The third-order valence-electron chi connectivity index (χ3n) is 4.92. The summed E-state index contributed by atoms with van der Waals surface area (Å²) < 4.78 is 4.24. The average Bonchev–Trinajstić information content (AvgIpc) is 3.11. The molecule has 0 saturated carbocycles. The summed E-state index contributed by atoms with van der Waals surface area (Å²) in [5, 5.41) is 2.93. The predicted octanol–water partition coefficient (Wildman–Crippen LogP) is 1.12. The molecule has 10 heteroatoms. The Kier molecular flexibility index (Phi) is 6.78. The van der Waals surface area contributed by atoms with E-state index in [2.05, 4.69) is 10.3 Å². The Balaban J connectivity index is 1.60. The van der Waals surface area contributed by atoms with Crippen LogP contribution in [0.5, 0.6) is 0 Å². The zero-order valence-corrected chi connectivity index (χ0v) is 18.4. The number of carbonyl (C=O) groups excluding carboxylic acids is 1. The number of nitrogens with zero attached hydrogens (tertiary/aromatic N) is 5. The second kappa shape index (κ2) is 9.31. The van der Waals surface area contributed by atoms with Gasteiger partial charge in [0.2, 0.25) is 5.91 Å². The molecule has 0 unspecified atom stereocenters. The van der Waals surface area contributed by atoms with Gasteiger partial charge in [0.15, 0.2) is 11.2 Å². The number of hydrogen-bond donors (Lipinski definition) is 1. The van der Waals surface area contributed by atoms with Crippen LogP contribution in [0.25, 0.3) is 11.2 Å². The number of aromatic nitrogens is 4. The Morgan fingerprint density at radius 1 is 1.23 bits per heavy atom. The zero-order chi connectivity index (χ0) is 21.8. The van der Waals surface area contributed by atoms with Crippen LogP contribution in [0.4, 0.5) is 5.69 Å². The van der Waals surface area contributed by atoms with E-state index in [0.717, 1.165) is 10.6 Å². The van der Waals surface area contributed by atoms with Crippen molar-refractivity contribution in [1.29, 1.82) is 0 Å². The Morgan fingerprint density at radius 2 is 1.97 bits per heavy atom. The molecule has 30 heavy (non-hydrogen) atoms. The molecular formula is C20H26N6O3S. The van der Waals surface area contributed by atoms with Gasteiger partial charge in [-0.05, 0) is 31.9 Å². The van der Waals surface area contributed by atoms with Gasteiger partial charge in [-0.15, -0.1) is 11.8 Å². The third-order valence-corrected chi connectivity index (χ3v) is 5.71. The van der Waals surface area contributed by atoms with Crippen LogP contribution >= 0.6 is 11.8 Å². The maximum absolute atomic E-state index is 12.7. The summed E-state index contributed by atoms with van der Waals surface area (Å²) in [6.07, 6.45) is 4.05. The van der Waals surface area contributed by atoms with Crippen LogP contribution in [-0.2, 0) is 25.4 Å². The molecule has 0 radical (unpaired) electrons. The first-order chi connectivity index (χ1) is 14.3. The number of benzene rings is 1. The highest BCUT2D eigenvalue weighted by Gasteiger charge is 2.15. The van der Waals surface area contributed by atoms with E-state index in [1.54, 1.807) is 30.4 Å². The van der Waals surface area contributed by atoms with E-state index >= 15 is 0 Å². The second-order valence-corrected chi connectivity index (χ2v) is 8.01. The van der Waals surface area contributed by atoms with Crippen molar-refractivity contribution in [2.24, 2.45) is 14.1 Å². The molecule has 1 amide bonds. The fourth-order valence-electron chi connectivity index (χ4n) is 3.35. The maximum Gasteiger partial charge on any atom is 0.332 e. The topological polar surface area (TPSA) is 94.2 Å². The largest absolute Gasteiger partial charge is 0.332 e. The summed E-state index contributed by atoms with van der Waals surface area (Å²) in [6.45, 7) is 1.06. The number of anilines is 1. The van der Waals surface area contributed by atoms with E-state index < -0.39 is 0 Å². The van der Waals surface area contributed by atoms with Crippen LogP contribution in [0.3, 0.4) is 0 Å². The summed E-state index contributed by atoms with van der Waals surface area (Å²) >= 11 is 1.58. The fourth-order valence-corrected chi connectivity index (χ4v) is 3.91. The van der Waals surface area contributed by atoms with Crippen LogP contribution in [0.2, 0.25) is 0 Å². The molecule has 0 spiro atoms. The Bertz CT molecular complexity index is 1180. The lowest BCUT2D eigenvalue weighted by Gasteiger charge is -2.17. The normalized spacial score (nSPS) is 11.4. The number of likely N-dealkylation sites (N-methyl/N-ethyl adjacent to an activating group) is 1. The van der Waals surface area contributed by atoms with E-state index in [1.165, 1.54) is 15.5 Å². The van der Waals surface area contributed by atoms with Crippen molar-refractivity contribution in [1.82, 2.24) is 23.6 Å². The monoisotopic (exact) mass is 430 g/mol. The van der Waals surface area contributed by atoms with E-state index in [4.69, 9.17) is 0 Å². The molecule has 3 rings (SSSR count). The molecule has 0 bridgehead atoms. The highest BCUT2D eigenvalue weighted by atomic mass is 32.2. The van der Waals surface area contributed by atoms with Gasteiger partial charge in [0.1, 0.15) is 0 Å². The molecule has 0 aliphatic heterocycles. The highest BCUT2D eigenvalue weighted by molar-refractivity contribution is 7.98. The molecule has 0 aliphatic carbocycles. The van der Waals surface area contributed by atoms with Gasteiger partial charge in [-0.1, -0.05) is 12.1 Å². The second-order valence-electron chi connectivity index (χ2n) is 7.17. The average molecular weight is 431 g/mol. The number of para-hydroxylation sites is 1. The van der Waals surface area contributed by atoms with E-state index in [1.807, 2.05) is 42.5 Å². The number of rotatable bonds is 8. The van der Waals surface area contributed by atoms with Crippen molar-refractivity contribution in [3.8, 4) is 0 Å². The Hall–Kier alpha value is -2.85. The predicted molar refractivity (Wildman–Crippen MR) is 119 cm³/mol. The minimum absolute atomic E-state index is 0.108. The molecule has 2 aromatic heterocycles. The van der Waals surface area contributed by atoms with Gasteiger partial charge < -0.3 is 9.88 Å². The Labute approximate surface area is 178 Å². The molecule has 0 aliphatic rings. The molecule has 0 fully saturated rings. The van der Waals surface area contributed by atoms with Gasteiger partial charge in [0, 0.05) is 32.1 Å². The van der Waals surface area contributed by atoms with Crippen molar-refractivity contribution in [3.63, 3.8) is 0 Å². The minimum atomic E-state index is -0.389. The first-order valence-electron chi connectivity index (χ1n) is 9.55. The zero-order valence-electron chi connectivity index (χ0n) is 17.6. The summed E-state index contributed by atoms with van der Waals surface area (Å²) in [6, 6.07) is 7.65. The standard InChI is InChI=1S/C20H26N6O3S/c1-23(12-16(27)22-14-8-5-6-9-15(14)30-4)10-7-11-26-19(28)17-18(21-13-24(17)2)25(3)20(26)29/h5-6,8-9,13H,7,10-12H2,1-4H3,(H,22,27). The molecular weight excluding hydrogens is 404 g/mol. The van der Waals surface area contributed by atoms with Crippen molar-refractivity contribution in [2.45, 2.75) is 17.9 Å². The minimum Gasteiger partial charge on any atom is -0.328 e. The van der Waals surface area contributed by atoms with Gasteiger partial charge in [0.05, 0.1) is 18.6 Å². The van der Waals surface area contributed by atoms with Crippen molar-refractivity contribution in [3.05, 3.63) is 51.4 Å². The first kappa shape index (κ1) is 21.8. The molecule has 0 saturated heterocycles. The van der Waals surface area contributed by atoms with Gasteiger partial charge >= 0.3 is 5.69 Å². The van der Waals surface area contributed by atoms with E-state index in [9.17, 15) is 14.4 Å². The molecule has 1 N–H and O–H groups in total. The molecule has 0 atom stereocenters. The first-order valence-corrected chi connectivity index (χ1v) is 10.8. The lowest BCUT2D eigenvalue weighted by atomic mass is 10.3. The SMILES string of the molecule is CSc1ccccc1NC(=O)CN(C)CCCn1c(=O)c2c(ncn2C)n(C)c1=O. The maximum atomic E-state index is 12.7. The van der Waals surface area contributed by atoms with Crippen molar-refractivity contribution >= 4 is 34.5 Å². The van der Waals surface area contributed by atoms with Gasteiger partial charge in [-0.3, -0.25) is 23.6 Å². The van der Waals surface area contributed by atoms with Crippen LogP contribution < -0.4 is 16.6 Å². The van der Waals surface area contributed by atoms with Crippen LogP contribution in [0.1, 0.15) is 6.42 Å². The smallest absolute Gasteiger partial charge is 0.328 e. The third kappa shape index (κ3) is 4.49. The van der Waals surface area contributed by atoms with Gasteiger partial charge in [-0.2, -0.15) is 0 Å².